The monoisotopic (exact) mass is 392 g/mol. The molecule has 0 aromatic heterocycles. The summed E-state index contributed by atoms with van der Waals surface area (Å²) in [5.41, 5.74) is 2.39. The number of piperazine rings is 1. The molecule has 2 aliphatic rings. The van der Waals surface area contributed by atoms with Crippen LogP contribution in [0.3, 0.4) is 0 Å². The molecule has 0 bridgehead atoms. The molecule has 0 unspecified atom stereocenters. The van der Waals surface area contributed by atoms with E-state index in [1.165, 1.54) is 5.56 Å². The molecule has 2 heterocycles. The van der Waals surface area contributed by atoms with E-state index in [2.05, 4.69) is 27.3 Å². The number of rotatable bonds is 5. The Morgan fingerprint density at radius 3 is 2.72 bits per heavy atom. The first-order valence-corrected chi connectivity index (χ1v) is 9.78. The average molecular weight is 392 g/mol. The standard InChI is InChI=1S/C22H24N4O3/c1-16(22(27)24-19-4-2-3-17(11-19)13-23)26-9-7-25(8-10-26)14-18-5-6-20-21(12-18)29-15-28-20/h2-6,11-12,16H,7-10,14-15H2,1H3,(H,24,27)/t16-/m1/s1. The SMILES string of the molecule is C[C@H](C(=O)Nc1cccc(C#N)c1)N1CCN(Cc2ccc3c(c2)OCO3)CC1. The zero-order chi connectivity index (χ0) is 20.2. The first kappa shape index (κ1) is 19.2. The van der Waals surface area contributed by atoms with E-state index < -0.39 is 0 Å². The highest BCUT2D eigenvalue weighted by molar-refractivity contribution is 5.94. The summed E-state index contributed by atoms with van der Waals surface area (Å²) in [7, 11) is 0. The Hall–Kier alpha value is -3.08. The molecule has 1 atom stereocenters. The van der Waals surface area contributed by atoms with Crippen LogP contribution < -0.4 is 14.8 Å². The van der Waals surface area contributed by atoms with Crippen molar-refractivity contribution in [3.8, 4) is 17.6 Å². The number of fused-ring (bicyclic) bond motifs is 1. The summed E-state index contributed by atoms with van der Waals surface area (Å²) in [6.07, 6.45) is 0. The maximum atomic E-state index is 12.6. The number of amides is 1. The fraction of sp³-hybridized carbons (Fsp3) is 0.364. The third-order valence-electron chi connectivity index (χ3n) is 5.44. The lowest BCUT2D eigenvalue weighted by Gasteiger charge is -2.37. The van der Waals surface area contributed by atoms with Gasteiger partial charge in [0.05, 0.1) is 17.7 Å². The summed E-state index contributed by atoms with van der Waals surface area (Å²) in [5, 5.41) is 11.9. The maximum absolute atomic E-state index is 12.6. The Bertz CT molecular complexity index is 932. The number of hydrogen-bond acceptors (Lipinski definition) is 6. The van der Waals surface area contributed by atoms with Gasteiger partial charge in [-0.3, -0.25) is 14.6 Å². The van der Waals surface area contributed by atoms with E-state index in [4.69, 9.17) is 14.7 Å². The van der Waals surface area contributed by atoms with Crippen LogP contribution in [0.5, 0.6) is 11.5 Å². The molecule has 0 spiro atoms. The smallest absolute Gasteiger partial charge is 0.241 e. The molecule has 4 rings (SSSR count). The summed E-state index contributed by atoms with van der Waals surface area (Å²) >= 11 is 0. The van der Waals surface area contributed by atoms with Crippen molar-refractivity contribution in [1.82, 2.24) is 9.80 Å². The molecule has 0 aliphatic carbocycles. The summed E-state index contributed by atoms with van der Waals surface area (Å²) in [4.78, 5) is 17.2. The van der Waals surface area contributed by atoms with Crippen LogP contribution in [0.15, 0.2) is 42.5 Å². The molecule has 2 aliphatic heterocycles. The minimum Gasteiger partial charge on any atom is -0.454 e. The second kappa shape index (κ2) is 8.52. The van der Waals surface area contributed by atoms with Crippen LogP contribution in [-0.4, -0.2) is 54.7 Å². The van der Waals surface area contributed by atoms with Crippen molar-refractivity contribution in [2.45, 2.75) is 19.5 Å². The quantitative estimate of drug-likeness (QED) is 0.842. The van der Waals surface area contributed by atoms with Crippen molar-refractivity contribution in [3.63, 3.8) is 0 Å². The highest BCUT2D eigenvalue weighted by atomic mass is 16.7. The number of anilines is 1. The molecule has 1 saturated heterocycles. The van der Waals surface area contributed by atoms with Gasteiger partial charge in [-0.25, -0.2) is 0 Å². The Balaban J connectivity index is 1.28. The van der Waals surface area contributed by atoms with Gasteiger partial charge in [-0.1, -0.05) is 12.1 Å². The van der Waals surface area contributed by atoms with E-state index in [9.17, 15) is 4.79 Å². The van der Waals surface area contributed by atoms with Crippen LogP contribution in [0.2, 0.25) is 0 Å². The number of nitrogens with one attached hydrogen (secondary N) is 1. The second-order valence-corrected chi connectivity index (χ2v) is 7.36. The minimum atomic E-state index is -0.228. The van der Waals surface area contributed by atoms with E-state index in [0.29, 0.717) is 11.3 Å². The third-order valence-corrected chi connectivity index (χ3v) is 5.44. The van der Waals surface area contributed by atoms with Crippen molar-refractivity contribution >= 4 is 11.6 Å². The molecule has 1 amide bonds. The molecule has 0 radical (unpaired) electrons. The van der Waals surface area contributed by atoms with Gasteiger partial charge >= 0.3 is 0 Å². The highest BCUT2D eigenvalue weighted by Gasteiger charge is 2.26. The molecular weight excluding hydrogens is 368 g/mol. The predicted octanol–water partition coefficient (Wildman–Crippen LogP) is 2.43. The van der Waals surface area contributed by atoms with E-state index in [0.717, 1.165) is 44.2 Å². The lowest BCUT2D eigenvalue weighted by atomic mass is 10.1. The Morgan fingerprint density at radius 1 is 1.14 bits per heavy atom. The van der Waals surface area contributed by atoms with Crippen LogP contribution in [0.4, 0.5) is 5.69 Å². The number of benzene rings is 2. The molecule has 150 valence electrons. The Morgan fingerprint density at radius 2 is 1.93 bits per heavy atom. The topological polar surface area (TPSA) is 77.8 Å². The van der Waals surface area contributed by atoms with Crippen molar-refractivity contribution in [1.29, 1.82) is 5.26 Å². The average Bonchev–Trinajstić information content (AvgIpc) is 3.22. The molecule has 2 aromatic carbocycles. The summed E-state index contributed by atoms with van der Waals surface area (Å²) in [5.74, 6) is 1.56. The summed E-state index contributed by atoms with van der Waals surface area (Å²) in [6.45, 7) is 6.53. The van der Waals surface area contributed by atoms with E-state index >= 15 is 0 Å². The van der Waals surface area contributed by atoms with Crippen LogP contribution in [-0.2, 0) is 11.3 Å². The number of ether oxygens (including phenoxy) is 2. The van der Waals surface area contributed by atoms with Gasteiger partial charge in [-0.2, -0.15) is 5.26 Å². The number of nitriles is 1. The van der Waals surface area contributed by atoms with Gasteiger partial charge in [0, 0.05) is 38.4 Å². The van der Waals surface area contributed by atoms with Crippen LogP contribution >= 0.6 is 0 Å². The first-order chi connectivity index (χ1) is 14.1. The van der Waals surface area contributed by atoms with Crippen molar-refractivity contribution in [2.75, 3.05) is 38.3 Å². The third kappa shape index (κ3) is 4.50. The second-order valence-electron chi connectivity index (χ2n) is 7.36. The maximum Gasteiger partial charge on any atom is 0.241 e. The molecule has 1 fully saturated rings. The highest BCUT2D eigenvalue weighted by Crippen LogP contribution is 2.32. The van der Waals surface area contributed by atoms with Gasteiger partial charge in [-0.05, 0) is 42.8 Å². The molecule has 0 saturated carbocycles. The normalized spacial score (nSPS) is 17.5. The fourth-order valence-electron chi connectivity index (χ4n) is 3.69. The van der Waals surface area contributed by atoms with Crippen LogP contribution in [0, 0.1) is 11.3 Å². The van der Waals surface area contributed by atoms with Gasteiger partial charge in [-0.15, -0.1) is 0 Å². The number of carbonyl (C=O) groups excluding carboxylic acids is 1. The van der Waals surface area contributed by atoms with Crippen LogP contribution in [0.25, 0.3) is 0 Å². The minimum absolute atomic E-state index is 0.0516. The number of hydrogen-bond donors (Lipinski definition) is 1. The van der Waals surface area contributed by atoms with E-state index in [1.807, 2.05) is 19.1 Å². The van der Waals surface area contributed by atoms with E-state index in [1.54, 1.807) is 24.3 Å². The first-order valence-electron chi connectivity index (χ1n) is 9.78. The van der Waals surface area contributed by atoms with Gasteiger partial charge < -0.3 is 14.8 Å². The van der Waals surface area contributed by atoms with Crippen molar-refractivity contribution in [2.24, 2.45) is 0 Å². The van der Waals surface area contributed by atoms with Crippen LogP contribution in [0.1, 0.15) is 18.1 Å². The number of carbonyl (C=O) groups is 1. The van der Waals surface area contributed by atoms with Crippen molar-refractivity contribution < 1.29 is 14.3 Å². The molecule has 1 N–H and O–H groups in total. The Kier molecular flexibility index (Phi) is 5.65. The molecular formula is C22H24N4O3. The van der Waals surface area contributed by atoms with Crippen molar-refractivity contribution in [3.05, 3.63) is 53.6 Å². The van der Waals surface area contributed by atoms with Gasteiger partial charge in [0.2, 0.25) is 12.7 Å². The largest absolute Gasteiger partial charge is 0.454 e. The molecule has 7 nitrogen and oxygen atoms in total. The molecule has 7 heteroatoms. The summed E-state index contributed by atoms with van der Waals surface area (Å²) in [6, 6.07) is 14.9. The molecule has 2 aromatic rings. The predicted molar refractivity (Wildman–Crippen MR) is 109 cm³/mol. The Labute approximate surface area is 170 Å². The van der Waals surface area contributed by atoms with Gasteiger partial charge in [0.25, 0.3) is 0 Å². The lowest BCUT2D eigenvalue weighted by molar-refractivity contribution is -0.121. The van der Waals surface area contributed by atoms with Gasteiger partial charge in [0.1, 0.15) is 0 Å². The lowest BCUT2D eigenvalue weighted by Crippen LogP contribution is -2.52. The number of nitrogens with zero attached hydrogens (tertiary/aromatic N) is 3. The fourth-order valence-corrected chi connectivity index (χ4v) is 3.69. The summed E-state index contributed by atoms with van der Waals surface area (Å²) < 4.78 is 10.8. The zero-order valence-corrected chi connectivity index (χ0v) is 16.4. The molecule has 29 heavy (non-hydrogen) atoms. The zero-order valence-electron chi connectivity index (χ0n) is 16.4. The van der Waals surface area contributed by atoms with Gasteiger partial charge in [0.15, 0.2) is 11.5 Å². The van der Waals surface area contributed by atoms with E-state index in [-0.39, 0.29) is 18.7 Å².